The molecule has 0 aromatic rings. The number of likely N-dealkylation sites (N-methyl/N-ethyl adjacent to an activating group) is 2. The molecule has 0 aromatic heterocycles. The van der Waals surface area contributed by atoms with E-state index in [1.54, 1.807) is 0 Å². The Labute approximate surface area is 243 Å². The zero-order valence-electron chi connectivity index (χ0n) is 28.3. The molecule has 0 radical (unpaired) electrons. The molecule has 0 aliphatic carbocycles. The average molecular weight is 539 g/mol. The van der Waals surface area contributed by atoms with Crippen LogP contribution in [0.5, 0.6) is 0 Å². The largest absolute Gasteiger partial charge is 0.324 e. The lowest BCUT2D eigenvalue weighted by Gasteiger charge is -2.42. The molecule has 0 aliphatic heterocycles. The van der Waals surface area contributed by atoms with Gasteiger partial charge in [-0.15, -0.1) is 0 Å². The lowest BCUT2D eigenvalue weighted by Crippen LogP contribution is -2.58. The van der Waals surface area contributed by atoms with Crippen molar-refractivity contribution in [2.24, 2.45) is 0 Å². The molecule has 0 saturated carbocycles. The number of rotatable bonds is 30. The molecule has 1 unspecified atom stereocenters. The Morgan fingerprint density at radius 3 is 1.08 bits per heavy atom. The molecule has 0 N–H and O–H groups in total. The van der Waals surface area contributed by atoms with E-state index in [4.69, 9.17) is 0 Å². The second-order valence-electron chi connectivity index (χ2n) is 14.2. The smallest absolute Gasteiger partial charge is 0.138 e. The maximum atomic E-state index is 2.55. The van der Waals surface area contributed by atoms with Crippen molar-refractivity contribution in [3.8, 4) is 0 Å². The molecular formula is C36H78N2+2. The SMILES string of the molecule is CCCCCCCCCCCC[N+](C)(C)CC(CCCCCC)[N+](C)(C)CCCCCCCCCCCC. The normalized spacial score (nSPS) is 13.3. The van der Waals surface area contributed by atoms with E-state index in [9.17, 15) is 0 Å². The van der Waals surface area contributed by atoms with Gasteiger partial charge in [0.25, 0.3) is 0 Å². The summed E-state index contributed by atoms with van der Waals surface area (Å²) in [5.41, 5.74) is 0. The molecular weight excluding hydrogens is 460 g/mol. The van der Waals surface area contributed by atoms with Crippen LogP contribution >= 0.6 is 0 Å². The zero-order valence-corrected chi connectivity index (χ0v) is 28.3. The third-order valence-corrected chi connectivity index (χ3v) is 9.29. The van der Waals surface area contributed by atoms with E-state index in [1.165, 1.54) is 189 Å². The summed E-state index contributed by atoms with van der Waals surface area (Å²) in [6.07, 6.45) is 35.9. The highest BCUT2D eigenvalue weighted by Crippen LogP contribution is 2.21. The van der Waals surface area contributed by atoms with E-state index in [1.807, 2.05) is 0 Å². The Morgan fingerprint density at radius 1 is 0.368 bits per heavy atom. The van der Waals surface area contributed by atoms with E-state index in [0.29, 0.717) is 0 Å². The minimum atomic E-state index is 0.809. The summed E-state index contributed by atoms with van der Waals surface area (Å²) in [7, 11) is 10.2. The number of unbranched alkanes of at least 4 members (excludes halogenated alkanes) is 21. The van der Waals surface area contributed by atoms with Crippen molar-refractivity contribution in [3.63, 3.8) is 0 Å². The first kappa shape index (κ1) is 37.9. The molecule has 0 fully saturated rings. The van der Waals surface area contributed by atoms with Gasteiger partial charge in [0.05, 0.1) is 41.3 Å². The lowest BCUT2D eigenvalue weighted by molar-refractivity contribution is -0.965. The summed E-state index contributed by atoms with van der Waals surface area (Å²) in [6.45, 7) is 11.1. The van der Waals surface area contributed by atoms with Crippen LogP contribution in [0.2, 0.25) is 0 Å². The summed E-state index contributed by atoms with van der Waals surface area (Å²) in [6, 6.07) is 0.809. The molecule has 230 valence electrons. The second kappa shape index (κ2) is 25.9. The topological polar surface area (TPSA) is 0 Å². The van der Waals surface area contributed by atoms with Gasteiger partial charge in [-0.3, -0.25) is 0 Å². The van der Waals surface area contributed by atoms with Gasteiger partial charge < -0.3 is 8.97 Å². The number of hydrogen-bond donors (Lipinski definition) is 0. The third kappa shape index (κ3) is 23.8. The van der Waals surface area contributed by atoms with E-state index in [-0.39, 0.29) is 0 Å². The van der Waals surface area contributed by atoms with Crippen LogP contribution in [0.1, 0.15) is 181 Å². The maximum absolute atomic E-state index is 2.55. The molecule has 0 heterocycles. The summed E-state index contributed by atoms with van der Waals surface area (Å²) in [5, 5.41) is 0. The van der Waals surface area contributed by atoms with Crippen LogP contribution in [0.4, 0.5) is 0 Å². The molecule has 38 heavy (non-hydrogen) atoms. The summed E-state index contributed by atoms with van der Waals surface area (Å²) in [5.74, 6) is 0. The van der Waals surface area contributed by atoms with Crippen LogP contribution in [0.25, 0.3) is 0 Å². The lowest BCUT2D eigenvalue weighted by atomic mass is 10.0. The monoisotopic (exact) mass is 539 g/mol. The van der Waals surface area contributed by atoms with Crippen molar-refractivity contribution in [1.29, 1.82) is 0 Å². The minimum absolute atomic E-state index is 0.809. The fraction of sp³-hybridized carbons (Fsp3) is 1.00. The van der Waals surface area contributed by atoms with Crippen molar-refractivity contribution in [2.75, 3.05) is 47.8 Å². The molecule has 0 aliphatic rings. The van der Waals surface area contributed by atoms with E-state index in [2.05, 4.69) is 49.0 Å². The summed E-state index contributed by atoms with van der Waals surface area (Å²) in [4.78, 5) is 0. The second-order valence-corrected chi connectivity index (χ2v) is 14.2. The van der Waals surface area contributed by atoms with Crippen LogP contribution in [-0.2, 0) is 0 Å². The molecule has 0 spiro atoms. The Hall–Kier alpha value is -0.0800. The van der Waals surface area contributed by atoms with Crippen LogP contribution in [0.3, 0.4) is 0 Å². The first-order valence-electron chi connectivity index (χ1n) is 17.9. The number of nitrogens with zero attached hydrogens (tertiary/aromatic N) is 2. The van der Waals surface area contributed by atoms with Gasteiger partial charge in [0.2, 0.25) is 0 Å². The van der Waals surface area contributed by atoms with Crippen molar-refractivity contribution < 1.29 is 8.97 Å². The van der Waals surface area contributed by atoms with Gasteiger partial charge in [-0.2, -0.15) is 0 Å². The fourth-order valence-corrected chi connectivity index (χ4v) is 6.35. The first-order valence-corrected chi connectivity index (χ1v) is 17.9. The van der Waals surface area contributed by atoms with Crippen molar-refractivity contribution in [1.82, 2.24) is 0 Å². The van der Waals surface area contributed by atoms with Gasteiger partial charge >= 0.3 is 0 Å². The quantitative estimate of drug-likeness (QED) is 0.0630. The third-order valence-electron chi connectivity index (χ3n) is 9.29. The number of quaternary nitrogens is 2. The van der Waals surface area contributed by atoms with Gasteiger partial charge in [0.1, 0.15) is 12.6 Å². The van der Waals surface area contributed by atoms with E-state index >= 15 is 0 Å². The Balaban J connectivity index is 4.37. The maximum Gasteiger partial charge on any atom is 0.138 e. The highest BCUT2D eigenvalue weighted by Gasteiger charge is 2.33. The Morgan fingerprint density at radius 2 is 0.684 bits per heavy atom. The predicted molar refractivity (Wildman–Crippen MR) is 175 cm³/mol. The van der Waals surface area contributed by atoms with Crippen LogP contribution in [0.15, 0.2) is 0 Å². The molecule has 0 aromatic carbocycles. The molecule has 1 atom stereocenters. The zero-order chi connectivity index (χ0) is 28.4. The Kier molecular flexibility index (Phi) is 25.8. The van der Waals surface area contributed by atoms with Crippen molar-refractivity contribution in [3.05, 3.63) is 0 Å². The average Bonchev–Trinajstić information content (AvgIpc) is 2.88. The number of hydrogen-bond acceptors (Lipinski definition) is 0. The molecule has 2 heteroatoms. The van der Waals surface area contributed by atoms with E-state index in [0.717, 1.165) is 6.04 Å². The summed E-state index contributed by atoms with van der Waals surface area (Å²) < 4.78 is 2.46. The standard InChI is InChI=1S/C36H78N2/c1-8-11-14-17-19-21-23-25-27-30-33-37(4,5)35-36(32-29-16-13-10-3)38(6,7)34-31-28-26-24-22-20-18-15-12-9-2/h36H,8-35H2,1-7H3/q+2. The van der Waals surface area contributed by atoms with Gasteiger partial charge in [-0.25, -0.2) is 0 Å². The Bertz CT molecular complexity index is 470. The van der Waals surface area contributed by atoms with Gasteiger partial charge in [-0.1, -0.05) is 143 Å². The molecule has 2 nitrogen and oxygen atoms in total. The van der Waals surface area contributed by atoms with Crippen LogP contribution in [0, 0.1) is 0 Å². The summed E-state index contributed by atoms with van der Waals surface area (Å²) >= 11 is 0. The fourth-order valence-electron chi connectivity index (χ4n) is 6.35. The van der Waals surface area contributed by atoms with Gasteiger partial charge in [-0.05, 0) is 32.1 Å². The molecule has 0 rings (SSSR count). The first-order chi connectivity index (χ1) is 18.3. The molecule has 0 saturated heterocycles. The van der Waals surface area contributed by atoms with Crippen LogP contribution in [-0.4, -0.2) is 62.8 Å². The molecule has 0 bridgehead atoms. The minimum Gasteiger partial charge on any atom is -0.324 e. The highest BCUT2D eigenvalue weighted by atomic mass is 15.4. The van der Waals surface area contributed by atoms with Gasteiger partial charge in [0.15, 0.2) is 0 Å². The highest BCUT2D eigenvalue weighted by molar-refractivity contribution is 4.61. The van der Waals surface area contributed by atoms with Crippen LogP contribution < -0.4 is 0 Å². The van der Waals surface area contributed by atoms with Gasteiger partial charge in [0, 0.05) is 6.42 Å². The molecule has 0 amide bonds. The van der Waals surface area contributed by atoms with E-state index < -0.39 is 0 Å². The van der Waals surface area contributed by atoms with Crippen molar-refractivity contribution >= 4 is 0 Å². The predicted octanol–water partition coefficient (Wildman–Crippen LogP) is 11.3. The van der Waals surface area contributed by atoms with Crippen molar-refractivity contribution in [2.45, 2.75) is 187 Å².